The Balaban J connectivity index is 1.74. The summed E-state index contributed by atoms with van der Waals surface area (Å²) in [5, 5.41) is 0. The van der Waals surface area contributed by atoms with E-state index in [0.717, 1.165) is 5.56 Å². The predicted molar refractivity (Wildman–Crippen MR) is 77.2 cm³/mol. The highest BCUT2D eigenvalue weighted by molar-refractivity contribution is 6.21. The van der Waals surface area contributed by atoms with Crippen LogP contribution in [0, 0.1) is 5.82 Å². The van der Waals surface area contributed by atoms with Crippen LogP contribution in [0.25, 0.3) is 6.08 Å². The number of nitrogens with zero attached hydrogens (tertiary/aromatic N) is 1. The van der Waals surface area contributed by atoms with Gasteiger partial charge in [0.2, 0.25) is 0 Å². The molecule has 0 aromatic heterocycles. The summed E-state index contributed by atoms with van der Waals surface area (Å²) in [4.78, 5) is 25.4. The first-order valence-electron chi connectivity index (χ1n) is 6.54. The minimum atomic E-state index is -0.299. The Labute approximate surface area is 121 Å². The summed E-state index contributed by atoms with van der Waals surface area (Å²) in [5.41, 5.74) is 1.70. The lowest BCUT2D eigenvalue weighted by Crippen LogP contribution is -2.29. The number of benzene rings is 2. The van der Waals surface area contributed by atoms with Crippen molar-refractivity contribution in [2.75, 3.05) is 6.54 Å². The van der Waals surface area contributed by atoms with Gasteiger partial charge in [0.25, 0.3) is 11.8 Å². The van der Waals surface area contributed by atoms with E-state index in [-0.39, 0.29) is 24.2 Å². The van der Waals surface area contributed by atoms with Crippen molar-refractivity contribution in [3.63, 3.8) is 0 Å². The van der Waals surface area contributed by atoms with Gasteiger partial charge >= 0.3 is 0 Å². The van der Waals surface area contributed by atoms with Gasteiger partial charge in [-0.2, -0.15) is 0 Å². The van der Waals surface area contributed by atoms with Crippen molar-refractivity contribution in [3.8, 4) is 0 Å². The number of carbonyl (C=O) groups is 2. The van der Waals surface area contributed by atoms with Crippen molar-refractivity contribution in [3.05, 3.63) is 77.1 Å². The Morgan fingerprint density at radius 2 is 1.48 bits per heavy atom. The second-order valence-corrected chi connectivity index (χ2v) is 4.72. The van der Waals surface area contributed by atoms with Crippen molar-refractivity contribution < 1.29 is 14.0 Å². The van der Waals surface area contributed by atoms with Crippen molar-refractivity contribution in [2.45, 2.75) is 0 Å². The maximum absolute atomic E-state index is 12.8. The van der Waals surface area contributed by atoms with Gasteiger partial charge in [-0.05, 0) is 29.8 Å². The van der Waals surface area contributed by atoms with E-state index in [1.54, 1.807) is 48.6 Å². The molecular formula is C17H12FNO2. The van der Waals surface area contributed by atoms with Crippen LogP contribution >= 0.6 is 0 Å². The Morgan fingerprint density at radius 3 is 2.05 bits per heavy atom. The first kappa shape index (κ1) is 13.2. The standard InChI is InChI=1S/C17H12FNO2/c18-13-9-7-12(8-10-13)4-3-11-19-16(20)14-5-1-2-6-15(14)17(19)21/h1-10H,11H2/b4-3+. The van der Waals surface area contributed by atoms with Crippen LogP contribution in [0.5, 0.6) is 0 Å². The highest BCUT2D eigenvalue weighted by Gasteiger charge is 2.33. The quantitative estimate of drug-likeness (QED) is 0.810. The fourth-order valence-corrected chi connectivity index (χ4v) is 2.27. The van der Waals surface area contributed by atoms with E-state index in [9.17, 15) is 14.0 Å². The van der Waals surface area contributed by atoms with Crippen LogP contribution in [-0.2, 0) is 0 Å². The number of hydrogen-bond acceptors (Lipinski definition) is 2. The highest BCUT2D eigenvalue weighted by Crippen LogP contribution is 2.22. The Hall–Kier alpha value is -2.75. The van der Waals surface area contributed by atoms with Crippen molar-refractivity contribution in [1.82, 2.24) is 4.90 Å². The topological polar surface area (TPSA) is 37.4 Å². The molecule has 3 nitrogen and oxygen atoms in total. The maximum atomic E-state index is 12.8. The monoisotopic (exact) mass is 281 g/mol. The minimum Gasteiger partial charge on any atom is -0.270 e. The van der Waals surface area contributed by atoms with Gasteiger partial charge in [-0.3, -0.25) is 14.5 Å². The molecule has 0 saturated heterocycles. The van der Waals surface area contributed by atoms with Gasteiger partial charge in [0.05, 0.1) is 11.1 Å². The Morgan fingerprint density at radius 1 is 0.905 bits per heavy atom. The molecule has 0 bridgehead atoms. The molecule has 0 aliphatic carbocycles. The van der Waals surface area contributed by atoms with Gasteiger partial charge in [-0.25, -0.2) is 4.39 Å². The lowest BCUT2D eigenvalue weighted by Gasteiger charge is -2.10. The number of halogens is 1. The summed E-state index contributed by atoms with van der Waals surface area (Å²) in [6.45, 7) is 0.198. The van der Waals surface area contributed by atoms with Crippen LogP contribution in [0.3, 0.4) is 0 Å². The molecule has 0 atom stereocenters. The highest BCUT2D eigenvalue weighted by atomic mass is 19.1. The molecule has 1 aliphatic heterocycles. The molecule has 0 N–H and O–H groups in total. The van der Waals surface area contributed by atoms with Crippen LogP contribution in [0.4, 0.5) is 4.39 Å². The summed E-state index contributed by atoms with van der Waals surface area (Å²) in [6, 6.07) is 12.8. The van der Waals surface area contributed by atoms with Crippen molar-refractivity contribution in [2.24, 2.45) is 0 Å². The molecule has 4 heteroatoms. The van der Waals surface area contributed by atoms with Crippen LogP contribution < -0.4 is 0 Å². The number of rotatable bonds is 3. The molecule has 0 unspecified atom stereocenters. The molecule has 3 rings (SSSR count). The Bertz CT molecular complexity index is 700. The van der Waals surface area contributed by atoms with E-state index in [0.29, 0.717) is 11.1 Å². The number of imide groups is 1. The number of carbonyl (C=O) groups excluding carboxylic acids is 2. The van der Waals surface area contributed by atoms with Crippen LogP contribution in [0.1, 0.15) is 26.3 Å². The van der Waals surface area contributed by atoms with Gasteiger partial charge in [-0.15, -0.1) is 0 Å². The molecule has 1 heterocycles. The molecule has 2 aromatic carbocycles. The number of amides is 2. The second-order valence-electron chi connectivity index (χ2n) is 4.72. The van der Waals surface area contributed by atoms with Crippen molar-refractivity contribution >= 4 is 17.9 Å². The van der Waals surface area contributed by atoms with E-state index in [4.69, 9.17) is 0 Å². The van der Waals surface area contributed by atoms with Gasteiger partial charge in [0.1, 0.15) is 5.82 Å². The molecular weight excluding hydrogens is 269 g/mol. The fourth-order valence-electron chi connectivity index (χ4n) is 2.27. The molecule has 0 radical (unpaired) electrons. The molecule has 2 amide bonds. The third kappa shape index (κ3) is 2.48. The van der Waals surface area contributed by atoms with Crippen molar-refractivity contribution in [1.29, 1.82) is 0 Å². The van der Waals surface area contributed by atoms with E-state index < -0.39 is 0 Å². The van der Waals surface area contributed by atoms with E-state index in [1.165, 1.54) is 17.0 Å². The Kier molecular flexibility index (Phi) is 3.36. The van der Waals surface area contributed by atoms with Gasteiger partial charge in [0, 0.05) is 6.54 Å². The van der Waals surface area contributed by atoms with E-state index in [1.807, 2.05) is 0 Å². The average molecular weight is 281 g/mol. The lowest BCUT2D eigenvalue weighted by molar-refractivity contribution is 0.0672. The fraction of sp³-hybridized carbons (Fsp3) is 0.0588. The number of fused-ring (bicyclic) bond motifs is 1. The SMILES string of the molecule is O=C1c2ccccc2C(=O)N1C/C=C/c1ccc(F)cc1. The number of hydrogen-bond donors (Lipinski definition) is 0. The third-order valence-corrected chi connectivity index (χ3v) is 3.35. The molecule has 1 aliphatic rings. The second kappa shape index (κ2) is 5.32. The van der Waals surface area contributed by atoms with Crippen LogP contribution in [0.15, 0.2) is 54.6 Å². The lowest BCUT2D eigenvalue weighted by atomic mass is 10.1. The summed E-state index contributed by atoms with van der Waals surface area (Å²) < 4.78 is 12.8. The largest absolute Gasteiger partial charge is 0.270 e. The molecule has 0 spiro atoms. The zero-order valence-electron chi connectivity index (χ0n) is 11.1. The van der Waals surface area contributed by atoms with Gasteiger partial charge in [-0.1, -0.05) is 36.4 Å². The maximum Gasteiger partial charge on any atom is 0.261 e. The molecule has 104 valence electrons. The zero-order valence-corrected chi connectivity index (χ0v) is 11.1. The summed E-state index contributed by atoms with van der Waals surface area (Å²) >= 11 is 0. The predicted octanol–water partition coefficient (Wildman–Crippen LogP) is 3.14. The first-order valence-corrected chi connectivity index (χ1v) is 6.54. The van der Waals surface area contributed by atoms with Crippen LogP contribution in [0.2, 0.25) is 0 Å². The molecule has 0 saturated carbocycles. The summed E-state index contributed by atoms with van der Waals surface area (Å²) in [7, 11) is 0. The van der Waals surface area contributed by atoms with Gasteiger partial charge in [0.15, 0.2) is 0 Å². The first-order chi connectivity index (χ1) is 10.2. The summed E-state index contributed by atoms with van der Waals surface area (Å²) in [6.07, 6.45) is 3.47. The molecule has 0 fully saturated rings. The zero-order chi connectivity index (χ0) is 14.8. The van der Waals surface area contributed by atoms with E-state index >= 15 is 0 Å². The molecule has 2 aromatic rings. The molecule has 21 heavy (non-hydrogen) atoms. The van der Waals surface area contributed by atoms with E-state index in [2.05, 4.69) is 0 Å². The van der Waals surface area contributed by atoms with Crippen LogP contribution in [-0.4, -0.2) is 23.3 Å². The summed E-state index contributed by atoms with van der Waals surface area (Å²) in [5.74, 6) is -0.855. The average Bonchev–Trinajstić information content (AvgIpc) is 2.75. The third-order valence-electron chi connectivity index (χ3n) is 3.35. The smallest absolute Gasteiger partial charge is 0.261 e. The van der Waals surface area contributed by atoms with Gasteiger partial charge < -0.3 is 0 Å². The minimum absolute atomic E-state index is 0.198. The normalized spacial score (nSPS) is 14.0.